The molecule has 0 saturated heterocycles. The standard InChI is InChI=1S/C35H50N4O10S/c1-7-48-34(43)35(15-14-24(2)3)21-25-10-12-29(30(19-25)47-6)49-22-32(41)37-16-18-39(17-8-9-31(40)38-23-35)50(44,45)26-11-13-28(46-5)27(20-26)33(42)36-4/h10-13,19-20,24H,7-9,14-18,21-23H2,1-6H3,(H,36,42)(H,37,41)(H,38,40). The third kappa shape index (κ3) is 10.6. The number of nitrogens with zero attached hydrogens (tertiary/aromatic N) is 1. The highest BCUT2D eigenvalue weighted by molar-refractivity contribution is 7.89. The first-order chi connectivity index (χ1) is 23.8. The molecule has 1 atom stereocenters. The zero-order chi connectivity index (χ0) is 36.9. The number of rotatable bonds is 10. The molecule has 2 aliphatic rings. The molecule has 0 aromatic heterocycles. The molecule has 2 heterocycles. The van der Waals surface area contributed by atoms with Crippen LogP contribution in [0.25, 0.3) is 0 Å². The summed E-state index contributed by atoms with van der Waals surface area (Å²) in [7, 11) is 0.0513. The number of amides is 3. The highest BCUT2D eigenvalue weighted by Gasteiger charge is 2.40. The molecule has 15 heteroatoms. The fraction of sp³-hybridized carbons (Fsp3) is 0.543. The van der Waals surface area contributed by atoms with Gasteiger partial charge in [-0.2, -0.15) is 4.31 Å². The van der Waals surface area contributed by atoms with Crippen molar-refractivity contribution in [1.29, 1.82) is 0 Å². The van der Waals surface area contributed by atoms with E-state index in [9.17, 15) is 27.6 Å². The summed E-state index contributed by atoms with van der Waals surface area (Å²) in [5.41, 5.74) is -0.316. The summed E-state index contributed by atoms with van der Waals surface area (Å²) in [5, 5.41) is 8.07. The van der Waals surface area contributed by atoms with Gasteiger partial charge >= 0.3 is 5.97 Å². The van der Waals surface area contributed by atoms with Crippen molar-refractivity contribution < 1.29 is 46.5 Å². The van der Waals surface area contributed by atoms with E-state index in [1.807, 2.05) is 0 Å². The van der Waals surface area contributed by atoms with Crippen LogP contribution in [-0.2, 0) is 35.6 Å². The Hall–Kier alpha value is -4.37. The van der Waals surface area contributed by atoms with Crippen LogP contribution in [0.3, 0.4) is 0 Å². The lowest BCUT2D eigenvalue weighted by Gasteiger charge is -2.33. The fourth-order valence-electron chi connectivity index (χ4n) is 5.61. The van der Waals surface area contributed by atoms with E-state index < -0.39 is 33.2 Å². The monoisotopic (exact) mass is 718 g/mol. The Labute approximate surface area is 294 Å². The zero-order valence-corrected chi connectivity index (χ0v) is 30.6. The average molecular weight is 719 g/mol. The summed E-state index contributed by atoms with van der Waals surface area (Å²) < 4.78 is 51.1. The molecule has 0 spiro atoms. The third-order valence-electron chi connectivity index (χ3n) is 8.44. The van der Waals surface area contributed by atoms with Crippen molar-refractivity contribution >= 4 is 33.7 Å². The molecule has 0 radical (unpaired) electrons. The van der Waals surface area contributed by atoms with Gasteiger partial charge in [-0.1, -0.05) is 19.9 Å². The molecule has 3 N–H and O–H groups in total. The molecule has 3 amide bonds. The minimum absolute atomic E-state index is 0.00645. The lowest BCUT2D eigenvalue weighted by molar-refractivity contribution is -0.156. The molecule has 0 saturated carbocycles. The van der Waals surface area contributed by atoms with Gasteiger partial charge in [0.05, 0.1) is 36.7 Å². The number of carbonyl (C=O) groups excluding carboxylic acids is 4. The van der Waals surface area contributed by atoms with Gasteiger partial charge in [0.2, 0.25) is 15.9 Å². The van der Waals surface area contributed by atoms with E-state index in [-0.39, 0.29) is 86.7 Å². The van der Waals surface area contributed by atoms with Crippen LogP contribution in [0, 0.1) is 11.3 Å². The van der Waals surface area contributed by atoms with Crippen molar-refractivity contribution in [2.24, 2.45) is 11.3 Å². The van der Waals surface area contributed by atoms with E-state index in [0.717, 1.165) is 9.87 Å². The van der Waals surface area contributed by atoms with E-state index in [4.69, 9.17) is 18.9 Å². The van der Waals surface area contributed by atoms with Crippen LogP contribution < -0.4 is 30.2 Å². The largest absolute Gasteiger partial charge is 0.496 e. The summed E-state index contributed by atoms with van der Waals surface area (Å²) >= 11 is 0. The lowest BCUT2D eigenvalue weighted by atomic mass is 9.76. The summed E-state index contributed by atoms with van der Waals surface area (Å²) in [6.07, 6.45) is 1.47. The number of carbonyl (C=O) groups is 4. The minimum atomic E-state index is -4.21. The van der Waals surface area contributed by atoms with Crippen LogP contribution in [0.15, 0.2) is 41.3 Å². The fourth-order valence-corrected chi connectivity index (χ4v) is 7.12. The maximum Gasteiger partial charge on any atom is 0.314 e. The zero-order valence-electron chi connectivity index (χ0n) is 29.8. The van der Waals surface area contributed by atoms with E-state index in [1.54, 1.807) is 25.1 Å². The maximum atomic E-state index is 13.9. The van der Waals surface area contributed by atoms with Gasteiger partial charge in [0.15, 0.2) is 18.1 Å². The second kappa shape index (κ2) is 18.6. The Balaban J connectivity index is 1.98. The quantitative estimate of drug-likeness (QED) is 0.244. The molecule has 2 aromatic rings. The number of methoxy groups -OCH3 is 2. The van der Waals surface area contributed by atoms with Gasteiger partial charge in [0.25, 0.3) is 11.8 Å². The lowest BCUT2D eigenvalue weighted by Crippen LogP contribution is -2.46. The molecule has 14 nitrogen and oxygen atoms in total. The van der Waals surface area contributed by atoms with Crippen molar-refractivity contribution in [3.8, 4) is 17.2 Å². The first-order valence-electron chi connectivity index (χ1n) is 16.7. The molecular weight excluding hydrogens is 668 g/mol. The summed E-state index contributed by atoms with van der Waals surface area (Å²) in [6.45, 7) is 5.39. The summed E-state index contributed by atoms with van der Waals surface area (Å²) in [6, 6.07) is 9.13. The number of esters is 1. The summed E-state index contributed by atoms with van der Waals surface area (Å²) in [5.74, 6) is -0.694. The minimum Gasteiger partial charge on any atom is -0.496 e. The molecule has 1 unspecified atom stereocenters. The van der Waals surface area contributed by atoms with Crippen LogP contribution in [-0.4, -0.2) is 97.1 Å². The predicted molar refractivity (Wildman–Crippen MR) is 186 cm³/mol. The summed E-state index contributed by atoms with van der Waals surface area (Å²) in [4.78, 5) is 52.0. The van der Waals surface area contributed by atoms with Crippen molar-refractivity contribution in [2.75, 3.05) is 60.7 Å². The molecule has 276 valence electrons. The number of nitrogens with one attached hydrogen (secondary N) is 3. The Kier molecular flexibility index (Phi) is 14.9. The normalized spacial score (nSPS) is 18.5. The second-order valence-corrected chi connectivity index (χ2v) is 14.4. The number of sulfonamides is 1. The Morgan fingerprint density at radius 2 is 1.76 bits per heavy atom. The molecule has 0 aliphatic carbocycles. The number of hydrogen-bond acceptors (Lipinski definition) is 10. The van der Waals surface area contributed by atoms with Crippen molar-refractivity contribution in [2.45, 2.75) is 57.8 Å². The Bertz CT molecular complexity index is 1610. The molecular formula is C35H50N4O10S. The van der Waals surface area contributed by atoms with Gasteiger partial charge in [0.1, 0.15) is 5.75 Å². The van der Waals surface area contributed by atoms with Crippen molar-refractivity contribution in [3.05, 3.63) is 47.5 Å². The van der Waals surface area contributed by atoms with Gasteiger partial charge in [-0.3, -0.25) is 19.2 Å². The Morgan fingerprint density at radius 3 is 2.42 bits per heavy atom. The van der Waals surface area contributed by atoms with Crippen LogP contribution in [0.1, 0.15) is 62.4 Å². The van der Waals surface area contributed by atoms with Crippen molar-refractivity contribution in [3.63, 3.8) is 0 Å². The third-order valence-corrected chi connectivity index (χ3v) is 10.3. The smallest absolute Gasteiger partial charge is 0.314 e. The van der Waals surface area contributed by atoms with Gasteiger partial charge in [-0.25, -0.2) is 8.42 Å². The SMILES string of the molecule is CCOC(=O)C1(CCC(C)C)CNC(=O)CCCN(S(=O)(=O)c2ccc(OC)c(C(=O)NC)c2)CCNC(=O)COc2ccc(cc2OC)C1. The van der Waals surface area contributed by atoms with Crippen LogP contribution in [0.2, 0.25) is 0 Å². The maximum absolute atomic E-state index is 13.9. The number of ether oxygens (including phenoxy) is 4. The number of hydrogen-bond donors (Lipinski definition) is 3. The highest BCUT2D eigenvalue weighted by atomic mass is 32.2. The van der Waals surface area contributed by atoms with Gasteiger partial charge in [-0.05, 0) is 74.4 Å². The molecule has 2 bridgehead atoms. The molecule has 4 rings (SSSR count). The van der Waals surface area contributed by atoms with Crippen LogP contribution in [0.4, 0.5) is 0 Å². The topological polar surface area (TPSA) is 179 Å². The molecule has 50 heavy (non-hydrogen) atoms. The molecule has 0 fully saturated rings. The van der Waals surface area contributed by atoms with Crippen LogP contribution in [0.5, 0.6) is 17.2 Å². The van der Waals surface area contributed by atoms with E-state index in [2.05, 4.69) is 29.8 Å². The highest BCUT2D eigenvalue weighted by Crippen LogP contribution is 2.36. The van der Waals surface area contributed by atoms with E-state index >= 15 is 0 Å². The van der Waals surface area contributed by atoms with Gasteiger partial charge in [-0.15, -0.1) is 0 Å². The van der Waals surface area contributed by atoms with Gasteiger partial charge in [0, 0.05) is 39.6 Å². The van der Waals surface area contributed by atoms with E-state index in [1.165, 1.54) is 39.5 Å². The Morgan fingerprint density at radius 1 is 1.02 bits per heavy atom. The molecule has 2 aromatic carbocycles. The number of benzene rings is 2. The first kappa shape index (κ1) is 40.1. The van der Waals surface area contributed by atoms with Crippen molar-refractivity contribution in [1.82, 2.24) is 20.3 Å². The second-order valence-electron chi connectivity index (χ2n) is 12.5. The predicted octanol–water partition coefficient (Wildman–Crippen LogP) is 2.69. The average Bonchev–Trinajstić information content (AvgIpc) is 3.10. The van der Waals surface area contributed by atoms with E-state index in [0.29, 0.717) is 24.3 Å². The van der Waals surface area contributed by atoms with Crippen LogP contribution >= 0.6 is 0 Å². The number of fused-ring (bicyclic) bond motifs is 16. The van der Waals surface area contributed by atoms with Gasteiger partial charge < -0.3 is 34.9 Å². The first-order valence-corrected chi connectivity index (χ1v) is 18.1. The molecule has 2 aliphatic heterocycles.